The lowest BCUT2D eigenvalue weighted by atomic mass is 10.1. The molecule has 0 bridgehead atoms. The van der Waals surface area contributed by atoms with Gasteiger partial charge in [0.05, 0.1) is 16.0 Å². The van der Waals surface area contributed by atoms with Crippen molar-refractivity contribution in [2.75, 3.05) is 6.54 Å². The molecule has 2 aromatic rings. The van der Waals surface area contributed by atoms with E-state index in [2.05, 4.69) is 0 Å². The lowest BCUT2D eigenvalue weighted by Gasteiger charge is -2.28. The largest absolute Gasteiger partial charge is 0.243 e. The number of thiophene rings is 1. The topological polar surface area (TPSA) is 37.4 Å². The van der Waals surface area contributed by atoms with Crippen molar-refractivity contribution in [2.24, 2.45) is 0 Å². The van der Waals surface area contributed by atoms with Crippen LogP contribution < -0.4 is 0 Å². The summed E-state index contributed by atoms with van der Waals surface area (Å²) in [5, 5.41) is 1.79. The highest BCUT2D eigenvalue weighted by Crippen LogP contribution is 2.37. The highest BCUT2D eigenvalue weighted by Gasteiger charge is 2.34. The van der Waals surface area contributed by atoms with E-state index in [-0.39, 0.29) is 16.0 Å². The van der Waals surface area contributed by atoms with E-state index in [0.717, 1.165) is 36.6 Å². The quantitative estimate of drug-likeness (QED) is 0.771. The summed E-state index contributed by atoms with van der Waals surface area (Å²) in [6.07, 6.45) is 3.64. The van der Waals surface area contributed by atoms with Crippen LogP contribution in [-0.4, -0.2) is 19.3 Å². The number of halogens is 2. The maximum Gasteiger partial charge on any atom is 0.243 e. The van der Waals surface area contributed by atoms with Crippen LogP contribution in [-0.2, 0) is 10.0 Å². The van der Waals surface area contributed by atoms with Gasteiger partial charge in [-0.25, -0.2) is 12.8 Å². The molecule has 124 valence electrons. The number of nitrogens with zero attached hydrogens (tertiary/aromatic N) is 1. The first kappa shape index (κ1) is 16.9. The van der Waals surface area contributed by atoms with E-state index >= 15 is 0 Å². The van der Waals surface area contributed by atoms with Gasteiger partial charge in [0.1, 0.15) is 5.82 Å². The molecule has 0 N–H and O–H groups in total. The van der Waals surface area contributed by atoms with E-state index in [0.29, 0.717) is 6.54 Å². The molecule has 1 saturated heterocycles. The third-order valence-corrected chi connectivity index (χ3v) is 7.24. The Bertz CT molecular complexity index is 777. The van der Waals surface area contributed by atoms with Crippen LogP contribution in [0.4, 0.5) is 4.39 Å². The van der Waals surface area contributed by atoms with Gasteiger partial charge in [0.25, 0.3) is 0 Å². The van der Waals surface area contributed by atoms with Gasteiger partial charge in [-0.15, -0.1) is 11.3 Å². The lowest BCUT2D eigenvalue weighted by molar-refractivity contribution is 0.333. The molecule has 0 saturated carbocycles. The predicted octanol–water partition coefficient (Wildman–Crippen LogP) is 4.85. The zero-order valence-corrected chi connectivity index (χ0v) is 14.8. The van der Waals surface area contributed by atoms with Crippen molar-refractivity contribution in [3.63, 3.8) is 0 Å². The average Bonchev–Trinajstić information content (AvgIpc) is 2.93. The number of hydrogen-bond donors (Lipinski definition) is 0. The summed E-state index contributed by atoms with van der Waals surface area (Å²) in [5.74, 6) is -0.615. The standard InChI is InChI=1S/C16H17ClFNO2S2/c17-13-11-12(7-8-14(13)18)23(20,21)19-9-3-1-2-5-15(19)16-6-4-10-22-16/h4,6-8,10-11,15H,1-3,5,9H2/t15-/m1/s1. The van der Waals surface area contributed by atoms with Crippen LogP contribution in [0, 0.1) is 5.82 Å². The molecule has 1 aliphatic rings. The Balaban J connectivity index is 2.02. The highest BCUT2D eigenvalue weighted by atomic mass is 35.5. The maximum absolute atomic E-state index is 13.4. The number of hydrogen-bond acceptors (Lipinski definition) is 3. The van der Waals surface area contributed by atoms with Crippen LogP contribution in [0.5, 0.6) is 0 Å². The van der Waals surface area contributed by atoms with Gasteiger partial charge in [0, 0.05) is 11.4 Å². The van der Waals surface area contributed by atoms with Crippen LogP contribution in [0.15, 0.2) is 40.6 Å². The molecule has 0 radical (unpaired) electrons. The zero-order chi connectivity index (χ0) is 16.4. The number of sulfonamides is 1. The van der Waals surface area contributed by atoms with Gasteiger partial charge in [-0.2, -0.15) is 4.31 Å². The second-order valence-corrected chi connectivity index (χ2v) is 8.85. The van der Waals surface area contributed by atoms with Crippen molar-refractivity contribution >= 4 is 33.0 Å². The van der Waals surface area contributed by atoms with Crippen molar-refractivity contribution < 1.29 is 12.8 Å². The highest BCUT2D eigenvalue weighted by molar-refractivity contribution is 7.89. The second kappa shape index (κ2) is 6.89. The minimum Gasteiger partial charge on any atom is -0.207 e. The summed E-state index contributed by atoms with van der Waals surface area (Å²) >= 11 is 7.34. The zero-order valence-electron chi connectivity index (χ0n) is 12.4. The first-order valence-corrected chi connectivity index (χ1v) is 10.2. The lowest BCUT2D eigenvalue weighted by Crippen LogP contribution is -2.34. The maximum atomic E-state index is 13.4. The van der Waals surface area contributed by atoms with E-state index in [1.807, 2.05) is 17.5 Å². The van der Waals surface area contributed by atoms with Crippen LogP contribution in [0.3, 0.4) is 0 Å². The van der Waals surface area contributed by atoms with Crippen LogP contribution in [0.1, 0.15) is 36.6 Å². The molecule has 3 nitrogen and oxygen atoms in total. The van der Waals surface area contributed by atoms with Gasteiger partial charge in [0.2, 0.25) is 10.0 Å². The Morgan fingerprint density at radius 1 is 1.22 bits per heavy atom. The molecule has 1 aliphatic heterocycles. The smallest absolute Gasteiger partial charge is 0.207 e. The molecule has 0 aliphatic carbocycles. The summed E-state index contributed by atoms with van der Waals surface area (Å²) in [5.41, 5.74) is 0. The Kier molecular flexibility index (Phi) is 5.06. The monoisotopic (exact) mass is 373 g/mol. The SMILES string of the molecule is O=S(=O)(c1ccc(F)c(Cl)c1)N1CCCCC[C@@H]1c1cccs1. The fourth-order valence-electron chi connectivity index (χ4n) is 2.91. The van der Waals surface area contributed by atoms with Crippen molar-refractivity contribution in [2.45, 2.75) is 36.6 Å². The Morgan fingerprint density at radius 2 is 2.04 bits per heavy atom. The summed E-state index contributed by atoms with van der Waals surface area (Å²) < 4.78 is 41.0. The van der Waals surface area contributed by atoms with E-state index < -0.39 is 15.8 Å². The normalized spacial score (nSPS) is 20.3. The van der Waals surface area contributed by atoms with Crippen LogP contribution in [0.25, 0.3) is 0 Å². The Hall–Kier alpha value is -0.950. The number of benzene rings is 1. The van der Waals surface area contributed by atoms with Gasteiger partial charge in [-0.05, 0) is 42.5 Å². The molecular weight excluding hydrogens is 357 g/mol. The molecule has 23 heavy (non-hydrogen) atoms. The van der Waals surface area contributed by atoms with Gasteiger partial charge < -0.3 is 0 Å². The number of rotatable bonds is 3. The fraction of sp³-hybridized carbons (Fsp3) is 0.375. The molecule has 2 heterocycles. The molecule has 3 rings (SSSR count). The van der Waals surface area contributed by atoms with Gasteiger partial charge in [-0.1, -0.05) is 30.5 Å². The Labute approximate surface area is 144 Å². The molecule has 0 spiro atoms. The van der Waals surface area contributed by atoms with Gasteiger partial charge in [0.15, 0.2) is 0 Å². The summed E-state index contributed by atoms with van der Waals surface area (Å²) in [6, 6.07) is 7.33. The van der Waals surface area contributed by atoms with Crippen molar-refractivity contribution in [3.05, 3.63) is 51.4 Å². The molecule has 1 fully saturated rings. The summed E-state index contributed by atoms with van der Waals surface area (Å²) in [7, 11) is -3.71. The molecule has 7 heteroatoms. The van der Waals surface area contributed by atoms with Crippen molar-refractivity contribution in [3.8, 4) is 0 Å². The summed E-state index contributed by atoms with van der Waals surface area (Å²) in [4.78, 5) is 1.09. The van der Waals surface area contributed by atoms with Crippen LogP contribution in [0.2, 0.25) is 5.02 Å². The molecule has 1 atom stereocenters. The average molecular weight is 374 g/mol. The molecule has 0 amide bonds. The van der Waals surface area contributed by atoms with Crippen molar-refractivity contribution in [1.29, 1.82) is 0 Å². The van der Waals surface area contributed by atoms with Crippen LogP contribution >= 0.6 is 22.9 Å². The first-order chi connectivity index (χ1) is 11.0. The molecule has 0 unspecified atom stereocenters. The molecule has 1 aromatic carbocycles. The van der Waals surface area contributed by atoms with E-state index in [4.69, 9.17) is 11.6 Å². The molecule has 1 aromatic heterocycles. The Morgan fingerprint density at radius 3 is 2.74 bits per heavy atom. The minimum absolute atomic E-state index is 0.0485. The second-order valence-electron chi connectivity index (χ2n) is 5.57. The van der Waals surface area contributed by atoms with E-state index in [9.17, 15) is 12.8 Å². The van der Waals surface area contributed by atoms with Gasteiger partial charge in [-0.3, -0.25) is 0 Å². The van der Waals surface area contributed by atoms with E-state index in [1.165, 1.54) is 12.1 Å². The third-order valence-electron chi connectivity index (χ3n) is 4.07. The molecular formula is C16H17ClFNO2S2. The van der Waals surface area contributed by atoms with Crippen molar-refractivity contribution in [1.82, 2.24) is 4.31 Å². The van der Waals surface area contributed by atoms with E-state index in [1.54, 1.807) is 15.6 Å². The van der Waals surface area contributed by atoms with Gasteiger partial charge >= 0.3 is 0 Å². The predicted molar refractivity (Wildman–Crippen MR) is 90.8 cm³/mol. The minimum atomic E-state index is -3.71. The summed E-state index contributed by atoms with van der Waals surface area (Å²) in [6.45, 7) is 0.472. The fourth-order valence-corrected chi connectivity index (χ4v) is 5.79. The third kappa shape index (κ3) is 3.45. The first-order valence-electron chi connectivity index (χ1n) is 7.50.